The number of carbonyl (C=O) groups is 3. The summed E-state index contributed by atoms with van der Waals surface area (Å²) in [6.45, 7) is -0.591. The molecule has 2 N–H and O–H groups in total. The first-order chi connectivity index (χ1) is 14.8. The summed E-state index contributed by atoms with van der Waals surface area (Å²) in [5, 5.41) is 16.0. The molecule has 12 heteroatoms. The molecule has 0 fully saturated rings. The maximum absolute atomic E-state index is 12.5. The quantitative estimate of drug-likeness (QED) is 0.235. The van der Waals surface area contributed by atoms with Crippen LogP contribution in [0.1, 0.15) is 16.8 Å². The third kappa shape index (κ3) is 7.54. The second kappa shape index (κ2) is 11.9. The predicted molar refractivity (Wildman–Crippen MR) is 116 cm³/mol. The van der Waals surface area contributed by atoms with Crippen molar-refractivity contribution in [2.24, 2.45) is 0 Å². The number of nitro benzene ring substituents is 1. The number of thioether (sulfide) groups is 1. The standard InChI is InChI=1S/C19H19ClN4O6S/c1-31-9-7-15(23-18(26)12-4-2-5-13(10-12)24(28)29)19(27)30-11-16(25)22-14-6-3-8-21-17(14)20/h2-6,8,10,15H,7,9,11H2,1H3,(H,22,25)(H,23,26). The number of carbonyl (C=O) groups excluding carboxylic acids is 3. The highest BCUT2D eigenvalue weighted by atomic mass is 35.5. The minimum Gasteiger partial charge on any atom is -0.454 e. The van der Waals surface area contributed by atoms with E-state index in [2.05, 4.69) is 15.6 Å². The minimum atomic E-state index is -1.03. The molecule has 31 heavy (non-hydrogen) atoms. The summed E-state index contributed by atoms with van der Waals surface area (Å²) in [6, 6.07) is 7.21. The topological polar surface area (TPSA) is 141 Å². The van der Waals surface area contributed by atoms with Crippen molar-refractivity contribution in [1.82, 2.24) is 10.3 Å². The number of aromatic nitrogens is 1. The van der Waals surface area contributed by atoms with Crippen molar-refractivity contribution in [3.63, 3.8) is 0 Å². The van der Waals surface area contributed by atoms with Crippen LogP contribution < -0.4 is 10.6 Å². The first-order valence-corrected chi connectivity index (χ1v) is 10.7. The number of nitrogens with zero attached hydrogens (tertiary/aromatic N) is 2. The second-order valence-corrected chi connectivity index (χ2v) is 7.46. The molecule has 1 aromatic heterocycles. The Hall–Kier alpha value is -3.18. The Morgan fingerprint density at radius 2 is 2.06 bits per heavy atom. The van der Waals surface area contributed by atoms with E-state index in [4.69, 9.17) is 16.3 Å². The summed E-state index contributed by atoms with van der Waals surface area (Å²) in [6.07, 6.45) is 3.53. The van der Waals surface area contributed by atoms with Gasteiger partial charge < -0.3 is 15.4 Å². The molecule has 1 heterocycles. The molecule has 1 aromatic carbocycles. The van der Waals surface area contributed by atoms with Crippen molar-refractivity contribution < 1.29 is 24.0 Å². The molecular formula is C19H19ClN4O6S. The Balaban J connectivity index is 1.99. The van der Waals surface area contributed by atoms with Crippen molar-refractivity contribution in [2.75, 3.05) is 23.9 Å². The van der Waals surface area contributed by atoms with Crippen LogP contribution in [0.2, 0.25) is 5.15 Å². The highest BCUT2D eigenvalue weighted by Gasteiger charge is 2.24. The van der Waals surface area contributed by atoms with E-state index < -0.39 is 35.4 Å². The number of benzene rings is 1. The summed E-state index contributed by atoms with van der Waals surface area (Å²) < 4.78 is 5.03. The van der Waals surface area contributed by atoms with Crippen LogP contribution in [0.3, 0.4) is 0 Å². The van der Waals surface area contributed by atoms with Crippen molar-refractivity contribution in [3.05, 3.63) is 63.4 Å². The zero-order chi connectivity index (χ0) is 22.8. The monoisotopic (exact) mass is 466 g/mol. The third-order valence-electron chi connectivity index (χ3n) is 3.90. The Labute approximate surface area is 186 Å². The summed E-state index contributed by atoms with van der Waals surface area (Å²) in [4.78, 5) is 51.0. The van der Waals surface area contributed by atoms with E-state index in [1.807, 2.05) is 6.26 Å². The number of non-ortho nitro benzene ring substituents is 1. The molecule has 1 atom stereocenters. The normalized spacial score (nSPS) is 11.3. The van der Waals surface area contributed by atoms with Crippen molar-refractivity contribution in [2.45, 2.75) is 12.5 Å². The van der Waals surface area contributed by atoms with Crippen LogP contribution in [0.25, 0.3) is 0 Å². The minimum absolute atomic E-state index is 0.0279. The molecule has 0 aliphatic heterocycles. The first-order valence-electron chi connectivity index (χ1n) is 8.93. The van der Waals surface area contributed by atoms with Gasteiger partial charge in [0.2, 0.25) is 0 Å². The number of ether oxygens (including phenoxy) is 1. The molecule has 164 valence electrons. The maximum Gasteiger partial charge on any atom is 0.329 e. The Bertz CT molecular complexity index is 974. The molecule has 0 aliphatic carbocycles. The van der Waals surface area contributed by atoms with E-state index in [-0.39, 0.29) is 28.5 Å². The molecule has 0 saturated heterocycles. The molecule has 2 amide bonds. The maximum atomic E-state index is 12.5. The van der Waals surface area contributed by atoms with Gasteiger partial charge in [0.15, 0.2) is 11.8 Å². The third-order valence-corrected chi connectivity index (χ3v) is 4.84. The fourth-order valence-electron chi connectivity index (χ4n) is 2.39. The fraction of sp³-hybridized carbons (Fsp3) is 0.263. The first kappa shape index (κ1) is 24.1. The van der Waals surface area contributed by atoms with Crippen LogP contribution in [0, 0.1) is 10.1 Å². The van der Waals surface area contributed by atoms with Gasteiger partial charge in [-0.2, -0.15) is 11.8 Å². The molecule has 0 saturated carbocycles. The predicted octanol–water partition coefficient (Wildman–Crippen LogP) is 2.68. The SMILES string of the molecule is CSCCC(NC(=O)c1cccc([N+](=O)[O-])c1)C(=O)OCC(=O)Nc1cccnc1Cl. The van der Waals surface area contributed by atoms with Gasteiger partial charge in [0.05, 0.1) is 10.6 Å². The number of hydrogen-bond acceptors (Lipinski definition) is 8. The fourth-order valence-corrected chi connectivity index (χ4v) is 3.03. The molecule has 1 unspecified atom stereocenters. The number of nitro groups is 1. The lowest BCUT2D eigenvalue weighted by atomic mass is 10.1. The van der Waals surface area contributed by atoms with Crippen molar-refractivity contribution in [3.8, 4) is 0 Å². The number of anilines is 1. The van der Waals surface area contributed by atoms with Crippen LogP contribution >= 0.6 is 23.4 Å². The molecule has 2 rings (SSSR count). The van der Waals surface area contributed by atoms with Crippen molar-refractivity contribution in [1.29, 1.82) is 0 Å². The second-order valence-electron chi connectivity index (χ2n) is 6.11. The summed E-state index contributed by atoms with van der Waals surface area (Å²) in [5.41, 5.74) is 0.0462. The van der Waals surface area contributed by atoms with Gasteiger partial charge in [-0.25, -0.2) is 9.78 Å². The number of rotatable bonds is 10. The van der Waals surface area contributed by atoms with Gasteiger partial charge in [0.1, 0.15) is 6.04 Å². The van der Waals surface area contributed by atoms with Gasteiger partial charge in [0.25, 0.3) is 17.5 Å². The molecule has 2 aromatic rings. The lowest BCUT2D eigenvalue weighted by Gasteiger charge is -2.17. The average Bonchev–Trinajstić information content (AvgIpc) is 2.76. The van der Waals surface area contributed by atoms with Crippen molar-refractivity contribution >= 4 is 52.5 Å². The zero-order valence-corrected chi connectivity index (χ0v) is 17.9. The van der Waals surface area contributed by atoms with E-state index >= 15 is 0 Å². The number of pyridine rings is 1. The number of esters is 1. The van der Waals surface area contributed by atoms with E-state index in [1.165, 1.54) is 42.2 Å². The van der Waals surface area contributed by atoms with E-state index in [0.29, 0.717) is 5.75 Å². The molecular weight excluding hydrogens is 448 g/mol. The number of hydrogen-bond donors (Lipinski definition) is 2. The van der Waals surface area contributed by atoms with Crippen LogP contribution in [0.15, 0.2) is 42.6 Å². The zero-order valence-electron chi connectivity index (χ0n) is 16.4. The molecule has 0 radical (unpaired) electrons. The molecule has 10 nitrogen and oxygen atoms in total. The molecule has 0 aliphatic rings. The van der Waals surface area contributed by atoms with Gasteiger partial charge in [-0.05, 0) is 36.6 Å². The average molecular weight is 467 g/mol. The summed E-state index contributed by atoms with van der Waals surface area (Å²) in [5.74, 6) is -1.57. The van der Waals surface area contributed by atoms with E-state index in [9.17, 15) is 24.5 Å². The Kier molecular flexibility index (Phi) is 9.22. The Morgan fingerprint density at radius 1 is 1.29 bits per heavy atom. The van der Waals surface area contributed by atoms with Gasteiger partial charge in [-0.3, -0.25) is 19.7 Å². The van der Waals surface area contributed by atoms with Gasteiger partial charge in [0, 0.05) is 23.9 Å². The van der Waals surface area contributed by atoms with Crippen LogP contribution in [0.5, 0.6) is 0 Å². The molecule has 0 bridgehead atoms. The van der Waals surface area contributed by atoms with Gasteiger partial charge in [-0.15, -0.1) is 0 Å². The van der Waals surface area contributed by atoms with Crippen LogP contribution in [-0.2, 0) is 14.3 Å². The summed E-state index contributed by atoms with van der Waals surface area (Å²) >= 11 is 7.31. The largest absolute Gasteiger partial charge is 0.454 e. The van der Waals surface area contributed by atoms with Gasteiger partial charge >= 0.3 is 5.97 Å². The summed E-state index contributed by atoms with van der Waals surface area (Å²) in [7, 11) is 0. The van der Waals surface area contributed by atoms with Crippen LogP contribution in [-0.4, -0.2) is 52.3 Å². The highest BCUT2D eigenvalue weighted by Crippen LogP contribution is 2.17. The number of halogens is 1. The smallest absolute Gasteiger partial charge is 0.329 e. The van der Waals surface area contributed by atoms with Crippen LogP contribution in [0.4, 0.5) is 11.4 Å². The molecule has 0 spiro atoms. The lowest BCUT2D eigenvalue weighted by molar-refractivity contribution is -0.384. The van der Waals surface area contributed by atoms with E-state index in [0.717, 1.165) is 6.07 Å². The van der Waals surface area contributed by atoms with E-state index in [1.54, 1.807) is 6.07 Å². The highest BCUT2D eigenvalue weighted by molar-refractivity contribution is 7.98. The van der Waals surface area contributed by atoms with Gasteiger partial charge in [-0.1, -0.05) is 17.7 Å². The number of nitrogens with one attached hydrogen (secondary N) is 2. The number of amides is 2. The lowest BCUT2D eigenvalue weighted by Crippen LogP contribution is -2.43. The Morgan fingerprint density at radius 3 is 2.74 bits per heavy atom.